The number of piperazine rings is 1. The monoisotopic (exact) mass is 445 g/mol. The van der Waals surface area contributed by atoms with E-state index in [-0.39, 0.29) is 22.6 Å². The average molecular weight is 446 g/mol. The van der Waals surface area contributed by atoms with Gasteiger partial charge in [-0.15, -0.1) is 0 Å². The number of hydrogen-bond acceptors (Lipinski definition) is 6. The Balaban J connectivity index is 1.46. The molecule has 4 rings (SSSR count). The second-order valence-corrected chi connectivity index (χ2v) is 9.42. The fourth-order valence-electron chi connectivity index (χ4n) is 3.65. The summed E-state index contributed by atoms with van der Waals surface area (Å²) in [6, 6.07) is 12.4. The lowest BCUT2D eigenvalue weighted by Gasteiger charge is -2.36. The van der Waals surface area contributed by atoms with Gasteiger partial charge in [0.25, 0.3) is 5.91 Å². The largest absolute Gasteiger partial charge is 0.497 e. The molecule has 0 spiro atoms. The number of anilines is 1. The average Bonchev–Trinajstić information content (AvgIpc) is 3.61. The summed E-state index contributed by atoms with van der Waals surface area (Å²) >= 11 is 0. The summed E-state index contributed by atoms with van der Waals surface area (Å²) in [7, 11) is -0.683. The topological polar surface area (TPSA) is 88.2 Å². The van der Waals surface area contributed by atoms with Crippen LogP contribution in [0.25, 0.3) is 0 Å². The zero-order valence-corrected chi connectivity index (χ0v) is 18.5. The fourth-order valence-corrected chi connectivity index (χ4v) is 5.15. The maximum Gasteiger partial charge on any atom is 0.254 e. The van der Waals surface area contributed by atoms with Gasteiger partial charge in [-0.3, -0.25) is 4.79 Å². The van der Waals surface area contributed by atoms with E-state index >= 15 is 0 Å². The van der Waals surface area contributed by atoms with E-state index < -0.39 is 10.0 Å². The quantitative estimate of drug-likeness (QED) is 0.702. The van der Waals surface area contributed by atoms with Gasteiger partial charge in [0, 0.05) is 43.5 Å². The van der Waals surface area contributed by atoms with Crippen LogP contribution in [-0.2, 0) is 10.0 Å². The lowest BCUT2D eigenvalue weighted by atomic mass is 10.1. The van der Waals surface area contributed by atoms with Crippen LogP contribution >= 0.6 is 0 Å². The Morgan fingerprint density at radius 2 is 1.65 bits per heavy atom. The highest BCUT2D eigenvalue weighted by Crippen LogP contribution is 2.29. The Kier molecular flexibility index (Phi) is 6.06. The van der Waals surface area contributed by atoms with E-state index in [0.29, 0.717) is 31.7 Å². The van der Waals surface area contributed by atoms with Crippen molar-refractivity contribution in [1.29, 1.82) is 0 Å². The molecule has 1 N–H and O–H groups in total. The Morgan fingerprint density at radius 3 is 2.23 bits per heavy atom. The molecule has 0 bridgehead atoms. The first kappa shape index (κ1) is 21.5. The van der Waals surface area contributed by atoms with Crippen molar-refractivity contribution in [3.05, 3.63) is 48.0 Å². The van der Waals surface area contributed by atoms with Gasteiger partial charge < -0.3 is 19.3 Å². The number of benzene rings is 2. The predicted molar refractivity (Wildman–Crippen MR) is 117 cm³/mol. The first-order valence-corrected chi connectivity index (χ1v) is 11.8. The Bertz CT molecular complexity index is 1040. The van der Waals surface area contributed by atoms with Gasteiger partial charge in [-0.25, -0.2) is 13.1 Å². The summed E-state index contributed by atoms with van der Waals surface area (Å²) < 4.78 is 38.5. The van der Waals surface area contributed by atoms with Gasteiger partial charge in [0.05, 0.1) is 14.2 Å². The van der Waals surface area contributed by atoms with Crippen LogP contribution in [0.15, 0.2) is 47.4 Å². The van der Waals surface area contributed by atoms with Crippen LogP contribution in [0.5, 0.6) is 11.5 Å². The lowest BCUT2D eigenvalue weighted by molar-refractivity contribution is 0.0746. The molecule has 0 aromatic heterocycles. The molecule has 8 nitrogen and oxygen atoms in total. The van der Waals surface area contributed by atoms with E-state index in [1.807, 2.05) is 24.3 Å². The SMILES string of the molecule is COc1ccc(N2CCN(C(=O)c3ccc(OC)c(S(=O)(=O)NC4CC4)c3)CC2)cc1. The Hall–Kier alpha value is -2.78. The highest BCUT2D eigenvalue weighted by molar-refractivity contribution is 7.89. The van der Waals surface area contributed by atoms with Gasteiger partial charge in [-0.05, 0) is 55.3 Å². The maximum absolute atomic E-state index is 13.1. The van der Waals surface area contributed by atoms with Crippen LogP contribution < -0.4 is 19.1 Å². The van der Waals surface area contributed by atoms with E-state index in [9.17, 15) is 13.2 Å². The van der Waals surface area contributed by atoms with Gasteiger partial charge in [0.2, 0.25) is 10.0 Å². The third-order valence-electron chi connectivity index (χ3n) is 5.60. The number of carbonyl (C=O) groups excluding carboxylic acids is 1. The first-order chi connectivity index (χ1) is 14.9. The minimum atomic E-state index is -3.74. The normalized spacial score (nSPS) is 16.8. The van der Waals surface area contributed by atoms with Gasteiger partial charge in [0.15, 0.2) is 0 Å². The summed E-state index contributed by atoms with van der Waals surface area (Å²) in [6.45, 7) is 2.50. The molecule has 2 aliphatic rings. The smallest absolute Gasteiger partial charge is 0.254 e. The molecule has 1 heterocycles. The van der Waals surface area contributed by atoms with Crippen molar-refractivity contribution in [3.8, 4) is 11.5 Å². The number of ether oxygens (including phenoxy) is 2. The van der Waals surface area contributed by atoms with Crippen LogP contribution in [0.4, 0.5) is 5.69 Å². The standard InChI is InChI=1S/C22H27N3O5S/c1-29-19-8-6-18(7-9-19)24-11-13-25(14-12-24)22(26)16-3-10-20(30-2)21(15-16)31(27,28)23-17-4-5-17/h3,6-10,15,17,23H,4-5,11-14H2,1-2H3. The number of nitrogens with zero attached hydrogens (tertiary/aromatic N) is 2. The number of hydrogen-bond donors (Lipinski definition) is 1. The summed E-state index contributed by atoms with van der Waals surface area (Å²) in [5.41, 5.74) is 1.42. The molecule has 1 aliphatic carbocycles. The van der Waals surface area contributed by atoms with Crippen molar-refractivity contribution in [2.75, 3.05) is 45.3 Å². The van der Waals surface area contributed by atoms with Gasteiger partial charge in [0.1, 0.15) is 16.4 Å². The molecular weight excluding hydrogens is 418 g/mol. The molecule has 1 saturated heterocycles. The van der Waals surface area contributed by atoms with Crippen molar-refractivity contribution < 1.29 is 22.7 Å². The summed E-state index contributed by atoms with van der Waals surface area (Å²) in [6.07, 6.45) is 1.66. The van der Waals surface area contributed by atoms with E-state index in [4.69, 9.17) is 9.47 Å². The van der Waals surface area contributed by atoms with Crippen molar-refractivity contribution in [3.63, 3.8) is 0 Å². The van der Waals surface area contributed by atoms with Crippen molar-refractivity contribution in [2.45, 2.75) is 23.8 Å². The molecule has 31 heavy (non-hydrogen) atoms. The van der Waals surface area contributed by atoms with Crippen molar-refractivity contribution >= 4 is 21.6 Å². The second kappa shape index (κ2) is 8.76. The second-order valence-electron chi connectivity index (χ2n) is 7.74. The molecule has 166 valence electrons. The molecule has 1 saturated carbocycles. The van der Waals surface area contributed by atoms with Crippen molar-refractivity contribution in [2.24, 2.45) is 0 Å². The molecule has 2 aromatic rings. The fraction of sp³-hybridized carbons (Fsp3) is 0.409. The van der Waals surface area contributed by atoms with Crippen LogP contribution in [0, 0.1) is 0 Å². The van der Waals surface area contributed by atoms with Crippen LogP contribution in [0.2, 0.25) is 0 Å². The lowest BCUT2D eigenvalue weighted by Crippen LogP contribution is -2.48. The Morgan fingerprint density at radius 1 is 0.968 bits per heavy atom. The molecule has 2 aromatic carbocycles. The van der Waals surface area contributed by atoms with Crippen molar-refractivity contribution in [1.82, 2.24) is 9.62 Å². The zero-order chi connectivity index (χ0) is 22.0. The van der Waals surface area contributed by atoms with E-state index in [1.165, 1.54) is 13.2 Å². The number of nitrogens with one attached hydrogen (secondary N) is 1. The third-order valence-corrected chi connectivity index (χ3v) is 7.15. The minimum absolute atomic E-state index is 0.00428. The maximum atomic E-state index is 13.1. The summed E-state index contributed by atoms with van der Waals surface area (Å²) in [4.78, 5) is 17.1. The zero-order valence-electron chi connectivity index (χ0n) is 17.7. The summed E-state index contributed by atoms with van der Waals surface area (Å²) in [5, 5.41) is 0. The molecule has 0 atom stereocenters. The molecular formula is C22H27N3O5S. The molecule has 0 radical (unpaired) electrons. The molecule has 1 amide bonds. The number of methoxy groups -OCH3 is 2. The highest BCUT2D eigenvalue weighted by atomic mass is 32.2. The molecule has 9 heteroatoms. The van der Waals surface area contributed by atoms with Gasteiger partial charge in [-0.2, -0.15) is 0 Å². The van der Waals surface area contributed by atoms with E-state index in [0.717, 1.165) is 24.3 Å². The third kappa shape index (κ3) is 4.77. The van der Waals surface area contributed by atoms with Gasteiger partial charge in [-0.1, -0.05) is 0 Å². The number of sulfonamides is 1. The number of rotatable bonds is 7. The molecule has 2 fully saturated rings. The highest BCUT2D eigenvalue weighted by Gasteiger charge is 2.31. The summed E-state index contributed by atoms with van der Waals surface area (Å²) in [5.74, 6) is 0.855. The number of carbonyl (C=O) groups is 1. The van der Waals surface area contributed by atoms with Crippen LogP contribution in [0.3, 0.4) is 0 Å². The predicted octanol–water partition coefficient (Wildman–Crippen LogP) is 2.11. The Labute approximate surface area is 182 Å². The van der Waals surface area contributed by atoms with Crippen LogP contribution in [-0.4, -0.2) is 65.7 Å². The molecule has 0 unspecified atom stereocenters. The van der Waals surface area contributed by atoms with Gasteiger partial charge >= 0.3 is 0 Å². The van der Waals surface area contributed by atoms with E-state index in [1.54, 1.807) is 24.1 Å². The van der Waals surface area contributed by atoms with E-state index in [2.05, 4.69) is 9.62 Å². The number of amides is 1. The minimum Gasteiger partial charge on any atom is -0.497 e. The first-order valence-electron chi connectivity index (χ1n) is 10.3. The molecule has 1 aliphatic heterocycles. The van der Waals surface area contributed by atoms with Crippen LogP contribution in [0.1, 0.15) is 23.2 Å².